The van der Waals surface area contributed by atoms with E-state index >= 15 is 0 Å². The van der Waals surface area contributed by atoms with E-state index in [-0.39, 0.29) is 24.0 Å². The second-order valence-corrected chi connectivity index (χ2v) is 3.51. The van der Waals surface area contributed by atoms with Crippen LogP contribution in [-0.4, -0.2) is 33.2 Å². The van der Waals surface area contributed by atoms with Crippen molar-refractivity contribution in [1.29, 1.82) is 0 Å². The van der Waals surface area contributed by atoms with Gasteiger partial charge in [0.15, 0.2) is 0 Å². The molecule has 0 spiro atoms. The van der Waals surface area contributed by atoms with Crippen LogP contribution in [0.15, 0.2) is 12.3 Å². The molecular weight excluding hydrogens is 214 g/mol. The maximum absolute atomic E-state index is 11.6. The van der Waals surface area contributed by atoms with Crippen LogP contribution < -0.4 is 5.32 Å². The highest BCUT2D eigenvalue weighted by molar-refractivity contribution is 5.93. The van der Waals surface area contributed by atoms with Gasteiger partial charge >= 0.3 is 0 Å². The van der Waals surface area contributed by atoms with Crippen molar-refractivity contribution in [3.05, 3.63) is 28.1 Å². The molecule has 0 unspecified atom stereocenters. The van der Waals surface area contributed by atoms with Gasteiger partial charge in [-0.05, 0) is 6.92 Å². The van der Waals surface area contributed by atoms with Crippen LogP contribution in [0.25, 0.3) is 0 Å². The molecule has 7 heteroatoms. The summed E-state index contributed by atoms with van der Waals surface area (Å²) < 4.78 is 1.37. The number of amides is 1. The third-order valence-corrected chi connectivity index (χ3v) is 2.09. The molecule has 0 aliphatic carbocycles. The second kappa shape index (κ2) is 4.75. The molecule has 1 atom stereocenters. The number of aromatic nitrogens is 1. The van der Waals surface area contributed by atoms with E-state index in [1.807, 2.05) is 0 Å². The summed E-state index contributed by atoms with van der Waals surface area (Å²) in [6.07, 6.45) is 1.26. The molecule has 0 aromatic carbocycles. The minimum atomic E-state index is -0.563. The van der Waals surface area contributed by atoms with Gasteiger partial charge in [-0.2, -0.15) is 0 Å². The molecule has 2 N–H and O–H groups in total. The van der Waals surface area contributed by atoms with E-state index in [0.717, 1.165) is 0 Å². The number of hydrogen-bond donors (Lipinski definition) is 2. The Morgan fingerprint density at radius 1 is 1.75 bits per heavy atom. The lowest BCUT2D eigenvalue weighted by atomic mass is 10.3. The number of nitrogens with one attached hydrogen (secondary N) is 1. The molecule has 0 saturated heterocycles. The van der Waals surface area contributed by atoms with Crippen molar-refractivity contribution in [3.8, 4) is 0 Å². The topological polar surface area (TPSA) is 97.4 Å². The van der Waals surface area contributed by atoms with Crippen LogP contribution in [0.3, 0.4) is 0 Å². The van der Waals surface area contributed by atoms with Gasteiger partial charge in [0.05, 0.1) is 17.7 Å². The van der Waals surface area contributed by atoms with Gasteiger partial charge in [0.1, 0.15) is 5.69 Å². The summed E-state index contributed by atoms with van der Waals surface area (Å²) in [5.41, 5.74) is 0.0521. The Labute approximate surface area is 91.8 Å². The smallest absolute Gasteiger partial charge is 0.287 e. The van der Waals surface area contributed by atoms with Gasteiger partial charge in [-0.1, -0.05) is 0 Å². The summed E-state index contributed by atoms with van der Waals surface area (Å²) in [4.78, 5) is 21.5. The number of rotatable bonds is 4. The summed E-state index contributed by atoms with van der Waals surface area (Å²) in [6, 6.07) is 0.806. The molecule has 88 valence electrons. The third-order valence-electron chi connectivity index (χ3n) is 2.09. The van der Waals surface area contributed by atoms with Crippen molar-refractivity contribution in [1.82, 2.24) is 9.88 Å². The molecule has 0 radical (unpaired) electrons. The minimum absolute atomic E-state index is 0.135. The molecule has 16 heavy (non-hydrogen) atoms. The first-order valence-corrected chi connectivity index (χ1v) is 4.68. The zero-order chi connectivity index (χ0) is 12.3. The van der Waals surface area contributed by atoms with Crippen molar-refractivity contribution in [2.45, 2.75) is 13.0 Å². The Kier molecular flexibility index (Phi) is 3.62. The number of aliphatic hydroxyl groups is 1. The molecule has 1 heterocycles. The Balaban J connectivity index is 2.87. The van der Waals surface area contributed by atoms with E-state index < -0.39 is 10.8 Å². The van der Waals surface area contributed by atoms with Crippen LogP contribution in [0.1, 0.15) is 17.4 Å². The molecular formula is C9H13N3O4. The van der Waals surface area contributed by atoms with E-state index in [1.54, 1.807) is 14.0 Å². The van der Waals surface area contributed by atoms with Gasteiger partial charge < -0.3 is 15.0 Å². The number of carbonyl (C=O) groups is 1. The second-order valence-electron chi connectivity index (χ2n) is 3.51. The average Bonchev–Trinajstić information content (AvgIpc) is 2.60. The summed E-state index contributed by atoms with van der Waals surface area (Å²) in [5, 5.41) is 21.8. The third kappa shape index (κ3) is 2.57. The Bertz CT molecular complexity index is 413. The lowest BCUT2D eigenvalue weighted by Gasteiger charge is -2.10. The zero-order valence-electron chi connectivity index (χ0n) is 9.01. The van der Waals surface area contributed by atoms with Crippen LogP contribution >= 0.6 is 0 Å². The maximum atomic E-state index is 11.6. The standard InChI is InChI=1S/C9H13N3O4/c1-6(5-13)10-9(14)8-3-7(12(15)16)4-11(8)2/h3-4,6,13H,5H2,1-2H3,(H,10,14)/t6-/m0/s1. The number of aliphatic hydroxyl groups excluding tert-OH is 1. The number of nitro groups is 1. The fraction of sp³-hybridized carbons (Fsp3) is 0.444. The minimum Gasteiger partial charge on any atom is -0.394 e. The first kappa shape index (κ1) is 12.2. The number of hydrogen-bond acceptors (Lipinski definition) is 4. The van der Waals surface area contributed by atoms with Gasteiger partial charge in [-0.3, -0.25) is 14.9 Å². The van der Waals surface area contributed by atoms with Crippen molar-refractivity contribution in [2.24, 2.45) is 7.05 Å². The predicted octanol–water partition coefficient (Wildman–Crippen LogP) is 0.0439. The summed E-state index contributed by atoms with van der Waals surface area (Å²) in [7, 11) is 1.55. The summed E-state index contributed by atoms with van der Waals surface area (Å²) in [5.74, 6) is -0.447. The van der Waals surface area contributed by atoms with Gasteiger partial charge in [-0.15, -0.1) is 0 Å². The van der Waals surface area contributed by atoms with E-state index in [2.05, 4.69) is 5.32 Å². The van der Waals surface area contributed by atoms with Gasteiger partial charge in [0.2, 0.25) is 0 Å². The molecule has 1 rings (SSSR count). The van der Waals surface area contributed by atoms with Gasteiger partial charge in [0, 0.05) is 19.2 Å². The van der Waals surface area contributed by atoms with Crippen molar-refractivity contribution in [3.63, 3.8) is 0 Å². The lowest BCUT2D eigenvalue weighted by molar-refractivity contribution is -0.384. The highest BCUT2D eigenvalue weighted by atomic mass is 16.6. The van der Waals surface area contributed by atoms with E-state index in [9.17, 15) is 14.9 Å². The SMILES string of the molecule is C[C@@H](CO)NC(=O)c1cc([N+](=O)[O-])cn1C. The molecule has 0 bridgehead atoms. The highest BCUT2D eigenvalue weighted by Gasteiger charge is 2.18. The van der Waals surface area contributed by atoms with Gasteiger partial charge in [-0.25, -0.2) is 0 Å². The van der Waals surface area contributed by atoms with Crippen molar-refractivity contribution in [2.75, 3.05) is 6.61 Å². The molecule has 7 nitrogen and oxygen atoms in total. The normalized spacial score (nSPS) is 12.2. The fourth-order valence-electron chi connectivity index (χ4n) is 1.22. The quantitative estimate of drug-likeness (QED) is 0.560. The van der Waals surface area contributed by atoms with Gasteiger partial charge in [0.25, 0.3) is 11.6 Å². The Hall–Kier alpha value is -1.89. The summed E-state index contributed by atoms with van der Waals surface area (Å²) >= 11 is 0. The van der Waals surface area contributed by atoms with Crippen molar-refractivity contribution >= 4 is 11.6 Å². The molecule has 1 aromatic rings. The number of carbonyl (C=O) groups excluding carboxylic acids is 1. The first-order valence-electron chi connectivity index (χ1n) is 4.68. The molecule has 1 amide bonds. The van der Waals surface area contributed by atoms with Crippen LogP contribution in [0.4, 0.5) is 5.69 Å². The van der Waals surface area contributed by atoms with Crippen LogP contribution in [0.2, 0.25) is 0 Å². The molecule has 1 aromatic heterocycles. The maximum Gasteiger partial charge on any atom is 0.287 e. The van der Waals surface area contributed by atoms with E-state index in [0.29, 0.717) is 0 Å². The lowest BCUT2D eigenvalue weighted by Crippen LogP contribution is -2.35. The van der Waals surface area contributed by atoms with Crippen LogP contribution in [-0.2, 0) is 7.05 Å². The molecule has 0 aliphatic rings. The number of nitrogens with zero attached hydrogens (tertiary/aromatic N) is 2. The van der Waals surface area contributed by atoms with E-state index in [1.165, 1.54) is 16.8 Å². The molecule has 0 saturated carbocycles. The van der Waals surface area contributed by atoms with Crippen LogP contribution in [0.5, 0.6) is 0 Å². The Morgan fingerprint density at radius 3 is 2.81 bits per heavy atom. The monoisotopic (exact) mass is 227 g/mol. The summed E-state index contributed by atoms with van der Waals surface area (Å²) in [6.45, 7) is 1.45. The first-order chi connectivity index (χ1) is 7.45. The van der Waals surface area contributed by atoms with Crippen molar-refractivity contribution < 1.29 is 14.8 Å². The zero-order valence-corrected chi connectivity index (χ0v) is 9.01. The highest BCUT2D eigenvalue weighted by Crippen LogP contribution is 2.14. The predicted molar refractivity (Wildman–Crippen MR) is 56.1 cm³/mol. The molecule has 0 aliphatic heterocycles. The number of aryl methyl sites for hydroxylation is 1. The Morgan fingerprint density at radius 2 is 2.38 bits per heavy atom. The van der Waals surface area contributed by atoms with Crippen LogP contribution in [0, 0.1) is 10.1 Å². The fourth-order valence-corrected chi connectivity index (χ4v) is 1.22. The van der Waals surface area contributed by atoms with E-state index in [4.69, 9.17) is 5.11 Å². The molecule has 0 fully saturated rings. The average molecular weight is 227 g/mol. The largest absolute Gasteiger partial charge is 0.394 e.